The molecule has 0 radical (unpaired) electrons. The first-order valence-corrected chi connectivity index (χ1v) is 6.58. The van der Waals surface area contributed by atoms with Crippen LogP contribution in [0.3, 0.4) is 0 Å². The van der Waals surface area contributed by atoms with Gasteiger partial charge < -0.3 is 10.1 Å². The van der Waals surface area contributed by atoms with Crippen LogP contribution in [0.5, 0.6) is 5.75 Å². The van der Waals surface area contributed by atoms with Crippen molar-refractivity contribution < 1.29 is 13.9 Å². The first-order valence-electron chi connectivity index (χ1n) is 6.58. The second-order valence-electron chi connectivity index (χ2n) is 5.20. The van der Waals surface area contributed by atoms with E-state index in [1.807, 2.05) is 6.92 Å². The van der Waals surface area contributed by atoms with Gasteiger partial charge in [-0.3, -0.25) is 4.79 Å². The predicted molar refractivity (Wildman–Crippen MR) is 74.0 cm³/mol. The van der Waals surface area contributed by atoms with Gasteiger partial charge in [-0.05, 0) is 43.9 Å². The summed E-state index contributed by atoms with van der Waals surface area (Å²) in [6.07, 6.45) is 1.97. The number of amides is 1. The van der Waals surface area contributed by atoms with Crippen LogP contribution in [0.1, 0.15) is 44.0 Å². The molecule has 3 nitrogen and oxygen atoms in total. The minimum Gasteiger partial charge on any atom is -0.494 e. The van der Waals surface area contributed by atoms with Crippen LogP contribution in [-0.4, -0.2) is 19.1 Å². The number of carbonyl (C=O) groups is 1. The van der Waals surface area contributed by atoms with E-state index in [9.17, 15) is 9.18 Å². The van der Waals surface area contributed by atoms with Gasteiger partial charge in [0.25, 0.3) is 5.91 Å². The Kier molecular flexibility index (Phi) is 5.80. The van der Waals surface area contributed by atoms with E-state index in [0.717, 1.165) is 12.8 Å². The maximum Gasteiger partial charge on any atom is 0.251 e. The normalized spacial score (nSPS) is 12.3. The molecule has 1 atom stereocenters. The molecule has 4 heteroatoms. The summed E-state index contributed by atoms with van der Waals surface area (Å²) in [5, 5.41) is 2.87. The van der Waals surface area contributed by atoms with Crippen molar-refractivity contribution in [1.29, 1.82) is 0 Å². The van der Waals surface area contributed by atoms with Gasteiger partial charge in [0.15, 0.2) is 11.6 Å². The van der Waals surface area contributed by atoms with Gasteiger partial charge >= 0.3 is 0 Å². The third kappa shape index (κ3) is 4.89. The molecule has 19 heavy (non-hydrogen) atoms. The Bertz CT molecular complexity index is 432. The number of halogens is 1. The van der Waals surface area contributed by atoms with Crippen LogP contribution in [-0.2, 0) is 0 Å². The van der Waals surface area contributed by atoms with Crippen LogP contribution in [0.2, 0.25) is 0 Å². The lowest BCUT2D eigenvalue weighted by atomic mass is 10.0. The lowest BCUT2D eigenvalue weighted by molar-refractivity contribution is 0.0936. The van der Waals surface area contributed by atoms with E-state index in [1.165, 1.54) is 19.2 Å². The summed E-state index contributed by atoms with van der Waals surface area (Å²) in [6.45, 7) is 6.25. The highest BCUT2D eigenvalue weighted by molar-refractivity contribution is 5.94. The monoisotopic (exact) mass is 267 g/mol. The van der Waals surface area contributed by atoms with Crippen LogP contribution in [0, 0.1) is 11.7 Å². The zero-order chi connectivity index (χ0) is 14.4. The molecule has 0 aliphatic heterocycles. The van der Waals surface area contributed by atoms with E-state index in [4.69, 9.17) is 4.74 Å². The zero-order valence-electron chi connectivity index (χ0n) is 12.0. The van der Waals surface area contributed by atoms with E-state index in [0.29, 0.717) is 11.5 Å². The second kappa shape index (κ2) is 7.12. The van der Waals surface area contributed by atoms with Crippen LogP contribution >= 0.6 is 0 Å². The van der Waals surface area contributed by atoms with Crippen molar-refractivity contribution in [3.05, 3.63) is 29.6 Å². The SMILES string of the molecule is COc1ccc(C(=O)NC(C)CCC(C)C)cc1F. The number of ether oxygens (including phenoxy) is 1. The molecule has 0 spiro atoms. The van der Waals surface area contributed by atoms with Gasteiger partial charge in [0.05, 0.1) is 7.11 Å². The minimum absolute atomic E-state index is 0.0834. The number of nitrogens with one attached hydrogen (secondary N) is 1. The molecule has 1 rings (SSSR count). The summed E-state index contributed by atoms with van der Waals surface area (Å²) < 4.78 is 18.3. The van der Waals surface area contributed by atoms with Crippen LogP contribution in [0.25, 0.3) is 0 Å². The van der Waals surface area contributed by atoms with Crippen molar-refractivity contribution in [2.45, 2.75) is 39.7 Å². The maximum absolute atomic E-state index is 13.5. The Hall–Kier alpha value is -1.58. The summed E-state index contributed by atoms with van der Waals surface area (Å²) in [5.74, 6) is -0.0232. The fourth-order valence-electron chi connectivity index (χ4n) is 1.77. The quantitative estimate of drug-likeness (QED) is 0.858. The molecule has 1 unspecified atom stereocenters. The number of hydrogen-bond acceptors (Lipinski definition) is 2. The Labute approximate surface area is 114 Å². The van der Waals surface area contributed by atoms with Crippen molar-refractivity contribution in [2.24, 2.45) is 5.92 Å². The highest BCUT2D eigenvalue weighted by Gasteiger charge is 2.12. The number of methoxy groups -OCH3 is 1. The Balaban J connectivity index is 2.60. The molecular weight excluding hydrogens is 245 g/mol. The molecule has 1 N–H and O–H groups in total. The highest BCUT2D eigenvalue weighted by Crippen LogP contribution is 2.17. The third-order valence-corrected chi connectivity index (χ3v) is 2.97. The number of benzene rings is 1. The second-order valence-corrected chi connectivity index (χ2v) is 5.20. The average molecular weight is 267 g/mol. The first kappa shape index (κ1) is 15.5. The number of hydrogen-bond donors (Lipinski definition) is 1. The first-order chi connectivity index (χ1) is 8.93. The standard InChI is InChI=1S/C15H22FNO2/c1-10(2)5-6-11(3)17-15(18)12-7-8-14(19-4)13(16)9-12/h7-11H,5-6H2,1-4H3,(H,17,18). The number of carbonyl (C=O) groups excluding carboxylic acids is 1. The molecule has 0 saturated carbocycles. The molecule has 0 saturated heterocycles. The molecule has 0 bridgehead atoms. The van der Waals surface area contributed by atoms with Gasteiger partial charge in [-0.15, -0.1) is 0 Å². The third-order valence-electron chi connectivity index (χ3n) is 2.97. The molecule has 0 aliphatic carbocycles. The topological polar surface area (TPSA) is 38.3 Å². The van der Waals surface area contributed by atoms with Crippen LogP contribution in [0.4, 0.5) is 4.39 Å². The summed E-state index contributed by atoms with van der Waals surface area (Å²) in [4.78, 5) is 11.9. The molecule has 106 valence electrons. The molecule has 0 fully saturated rings. The van der Waals surface area contributed by atoms with Crippen molar-refractivity contribution in [3.8, 4) is 5.75 Å². The minimum atomic E-state index is -0.523. The van der Waals surface area contributed by atoms with Gasteiger partial charge in [0.2, 0.25) is 0 Å². The van der Waals surface area contributed by atoms with Gasteiger partial charge in [-0.25, -0.2) is 4.39 Å². The van der Waals surface area contributed by atoms with E-state index >= 15 is 0 Å². The van der Waals surface area contributed by atoms with E-state index in [2.05, 4.69) is 19.2 Å². The van der Waals surface area contributed by atoms with Crippen molar-refractivity contribution >= 4 is 5.91 Å². The Morgan fingerprint density at radius 3 is 2.53 bits per heavy atom. The lowest BCUT2D eigenvalue weighted by Gasteiger charge is -2.15. The molecule has 1 amide bonds. The summed E-state index contributed by atoms with van der Waals surface area (Å²) in [5.41, 5.74) is 0.315. The predicted octanol–water partition coefficient (Wildman–Crippen LogP) is 3.39. The number of rotatable bonds is 6. The van der Waals surface area contributed by atoms with Crippen molar-refractivity contribution in [1.82, 2.24) is 5.32 Å². The molecule has 0 heterocycles. The van der Waals surface area contributed by atoms with Crippen LogP contribution in [0.15, 0.2) is 18.2 Å². The van der Waals surface area contributed by atoms with Crippen molar-refractivity contribution in [2.75, 3.05) is 7.11 Å². The van der Waals surface area contributed by atoms with E-state index in [-0.39, 0.29) is 17.7 Å². The Morgan fingerprint density at radius 1 is 1.32 bits per heavy atom. The fourth-order valence-corrected chi connectivity index (χ4v) is 1.77. The summed E-state index contributed by atoms with van der Waals surface area (Å²) >= 11 is 0. The molecule has 0 aliphatic rings. The smallest absolute Gasteiger partial charge is 0.251 e. The van der Waals surface area contributed by atoms with Crippen LogP contribution < -0.4 is 10.1 Å². The fraction of sp³-hybridized carbons (Fsp3) is 0.533. The molecular formula is C15H22FNO2. The highest BCUT2D eigenvalue weighted by atomic mass is 19.1. The molecule has 1 aromatic carbocycles. The van der Waals surface area contributed by atoms with Crippen molar-refractivity contribution in [3.63, 3.8) is 0 Å². The summed E-state index contributed by atoms with van der Waals surface area (Å²) in [7, 11) is 1.39. The largest absolute Gasteiger partial charge is 0.494 e. The van der Waals surface area contributed by atoms with E-state index < -0.39 is 5.82 Å². The van der Waals surface area contributed by atoms with Gasteiger partial charge in [0.1, 0.15) is 0 Å². The zero-order valence-corrected chi connectivity index (χ0v) is 12.0. The molecule has 0 aromatic heterocycles. The van der Waals surface area contributed by atoms with Gasteiger partial charge in [0, 0.05) is 11.6 Å². The lowest BCUT2D eigenvalue weighted by Crippen LogP contribution is -2.32. The summed E-state index contributed by atoms with van der Waals surface area (Å²) in [6, 6.07) is 4.30. The maximum atomic E-state index is 13.5. The average Bonchev–Trinajstić information content (AvgIpc) is 2.36. The molecule has 1 aromatic rings. The Morgan fingerprint density at radius 2 is 2.00 bits per heavy atom. The van der Waals surface area contributed by atoms with E-state index in [1.54, 1.807) is 6.07 Å². The van der Waals surface area contributed by atoms with Gasteiger partial charge in [-0.2, -0.15) is 0 Å². The van der Waals surface area contributed by atoms with Gasteiger partial charge in [-0.1, -0.05) is 13.8 Å².